The second-order valence-electron chi connectivity index (χ2n) is 6.59. The normalized spacial score (nSPS) is 15.7. The van der Waals surface area contributed by atoms with Crippen LogP contribution in [-0.2, 0) is 11.3 Å². The van der Waals surface area contributed by atoms with Crippen LogP contribution in [0, 0.1) is 0 Å². The fourth-order valence-corrected chi connectivity index (χ4v) is 4.21. The lowest BCUT2D eigenvalue weighted by atomic mass is 10.2. The molecule has 1 unspecified atom stereocenters. The molecule has 7 nitrogen and oxygen atoms in total. The number of carbonyl (C=O) groups is 1. The molecule has 27 heavy (non-hydrogen) atoms. The number of thiophene rings is 1. The summed E-state index contributed by atoms with van der Waals surface area (Å²) in [6.45, 7) is 2.84. The molecule has 1 fully saturated rings. The first kappa shape index (κ1) is 17.8. The SMILES string of the molecule is O=C(Cn1nnc(-c2ccccc2)n1)NCC(c1cccs1)N1CCCC1. The van der Waals surface area contributed by atoms with Crippen LogP contribution >= 0.6 is 11.3 Å². The third kappa shape index (κ3) is 4.40. The number of tetrazole rings is 1. The first-order valence-corrected chi connectivity index (χ1v) is 10.0. The summed E-state index contributed by atoms with van der Waals surface area (Å²) in [5.41, 5.74) is 0.885. The van der Waals surface area contributed by atoms with Crippen molar-refractivity contribution in [1.29, 1.82) is 0 Å². The van der Waals surface area contributed by atoms with Crippen LogP contribution in [-0.4, -0.2) is 50.6 Å². The topological polar surface area (TPSA) is 75.9 Å². The number of likely N-dealkylation sites (tertiary alicyclic amines) is 1. The average Bonchev–Trinajstić information content (AvgIpc) is 3.46. The van der Waals surface area contributed by atoms with Gasteiger partial charge in [-0.05, 0) is 42.6 Å². The molecule has 0 aliphatic carbocycles. The number of rotatable bonds is 7. The first-order valence-electron chi connectivity index (χ1n) is 9.17. The molecule has 3 heterocycles. The van der Waals surface area contributed by atoms with Gasteiger partial charge in [-0.1, -0.05) is 36.4 Å². The first-order chi connectivity index (χ1) is 13.3. The summed E-state index contributed by atoms with van der Waals surface area (Å²) in [5.74, 6) is 0.421. The van der Waals surface area contributed by atoms with Crippen LogP contribution in [0.5, 0.6) is 0 Å². The van der Waals surface area contributed by atoms with Crippen molar-refractivity contribution < 1.29 is 4.79 Å². The third-order valence-corrected chi connectivity index (χ3v) is 5.69. The molecule has 8 heteroatoms. The molecule has 0 saturated carbocycles. The molecule has 1 aliphatic heterocycles. The molecule has 1 amide bonds. The van der Waals surface area contributed by atoms with Crippen molar-refractivity contribution in [2.75, 3.05) is 19.6 Å². The number of benzene rings is 1. The molecular weight excluding hydrogens is 360 g/mol. The molecule has 1 aliphatic rings. The van der Waals surface area contributed by atoms with E-state index in [1.807, 2.05) is 30.3 Å². The van der Waals surface area contributed by atoms with Crippen LogP contribution in [0.2, 0.25) is 0 Å². The number of aromatic nitrogens is 4. The Labute approximate surface area is 162 Å². The zero-order valence-electron chi connectivity index (χ0n) is 15.0. The van der Waals surface area contributed by atoms with Crippen molar-refractivity contribution in [3.05, 3.63) is 52.7 Å². The standard InChI is InChI=1S/C19H22N6OS/c26-18(14-25-22-19(21-23-25)15-7-2-1-3-8-15)20-13-16(17-9-6-12-27-17)24-10-4-5-11-24/h1-3,6-9,12,16H,4-5,10-11,13-14H2,(H,20,26). The minimum atomic E-state index is -0.104. The fraction of sp³-hybridized carbons (Fsp3) is 0.368. The van der Waals surface area contributed by atoms with Crippen molar-refractivity contribution in [1.82, 2.24) is 30.4 Å². The van der Waals surface area contributed by atoms with E-state index < -0.39 is 0 Å². The Morgan fingerprint density at radius 2 is 1.96 bits per heavy atom. The summed E-state index contributed by atoms with van der Waals surface area (Å²) in [6, 6.07) is 14.1. The van der Waals surface area contributed by atoms with E-state index in [2.05, 4.69) is 43.1 Å². The highest BCUT2D eigenvalue weighted by molar-refractivity contribution is 7.10. The molecule has 140 valence electrons. The molecule has 3 aromatic rings. The quantitative estimate of drug-likeness (QED) is 0.679. The number of hydrogen-bond acceptors (Lipinski definition) is 6. The van der Waals surface area contributed by atoms with Gasteiger partial charge in [0.15, 0.2) is 0 Å². The summed E-state index contributed by atoms with van der Waals surface area (Å²) in [4.78, 5) is 17.5. The van der Waals surface area contributed by atoms with E-state index in [1.54, 1.807) is 11.3 Å². The number of nitrogens with one attached hydrogen (secondary N) is 1. The Bertz CT molecular complexity index is 857. The Hall–Kier alpha value is -2.58. The van der Waals surface area contributed by atoms with Crippen LogP contribution in [0.1, 0.15) is 23.8 Å². The lowest BCUT2D eigenvalue weighted by Gasteiger charge is -2.26. The Morgan fingerprint density at radius 1 is 1.15 bits per heavy atom. The molecule has 1 N–H and O–H groups in total. The number of nitrogens with zero attached hydrogens (tertiary/aromatic N) is 5. The summed E-state index contributed by atoms with van der Waals surface area (Å²) in [7, 11) is 0. The molecular formula is C19H22N6OS. The van der Waals surface area contributed by atoms with Gasteiger partial charge in [-0.3, -0.25) is 9.69 Å². The fourth-order valence-electron chi connectivity index (χ4n) is 3.35. The van der Waals surface area contributed by atoms with Gasteiger partial charge >= 0.3 is 0 Å². The second kappa shape index (κ2) is 8.41. The zero-order valence-corrected chi connectivity index (χ0v) is 15.8. The van der Waals surface area contributed by atoms with E-state index in [0.717, 1.165) is 18.7 Å². The summed E-state index contributed by atoms with van der Waals surface area (Å²) >= 11 is 1.74. The van der Waals surface area contributed by atoms with E-state index in [1.165, 1.54) is 22.5 Å². The predicted molar refractivity (Wildman–Crippen MR) is 104 cm³/mol. The van der Waals surface area contributed by atoms with Crippen LogP contribution < -0.4 is 5.32 Å². The van der Waals surface area contributed by atoms with Gasteiger partial charge in [0, 0.05) is 17.0 Å². The third-order valence-electron chi connectivity index (χ3n) is 4.72. The monoisotopic (exact) mass is 382 g/mol. The number of amides is 1. The van der Waals surface area contributed by atoms with Crippen molar-refractivity contribution >= 4 is 17.2 Å². The highest BCUT2D eigenvalue weighted by atomic mass is 32.1. The van der Waals surface area contributed by atoms with Gasteiger partial charge in [0.25, 0.3) is 0 Å². The van der Waals surface area contributed by atoms with E-state index >= 15 is 0 Å². The van der Waals surface area contributed by atoms with Gasteiger partial charge in [-0.15, -0.1) is 21.5 Å². The van der Waals surface area contributed by atoms with Gasteiger partial charge < -0.3 is 5.32 Å². The van der Waals surface area contributed by atoms with Crippen molar-refractivity contribution in [2.24, 2.45) is 0 Å². The molecule has 0 spiro atoms. The Kier molecular flexibility index (Phi) is 5.55. The highest BCUT2D eigenvalue weighted by Gasteiger charge is 2.24. The van der Waals surface area contributed by atoms with E-state index in [9.17, 15) is 4.79 Å². The molecule has 0 bridgehead atoms. The van der Waals surface area contributed by atoms with Gasteiger partial charge in [-0.25, -0.2) is 0 Å². The van der Waals surface area contributed by atoms with E-state index in [-0.39, 0.29) is 18.5 Å². The summed E-state index contributed by atoms with van der Waals surface area (Å²) in [5, 5.41) is 17.5. The van der Waals surface area contributed by atoms with E-state index in [4.69, 9.17) is 0 Å². The van der Waals surface area contributed by atoms with Crippen LogP contribution in [0.4, 0.5) is 0 Å². The minimum absolute atomic E-state index is 0.0665. The number of carbonyl (C=O) groups excluding carboxylic acids is 1. The average molecular weight is 382 g/mol. The summed E-state index contributed by atoms with van der Waals surface area (Å²) in [6.07, 6.45) is 2.45. The van der Waals surface area contributed by atoms with Crippen LogP contribution in [0.25, 0.3) is 11.4 Å². The molecule has 1 saturated heterocycles. The summed E-state index contributed by atoms with van der Waals surface area (Å²) < 4.78 is 0. The van der Waals surface area contributed by atoms with Crippen LogP contribution in [0.3, 0.4) is 0 Å². The Balaban J connectivity index is 1.35. The van der Waals surface area contributed by atoms with Crippen molar-refractivity contribution in [3.8, 4) is 11.4 Å². The largest absolute Gasteiger partial charge is 0.352 e. The zero-order chi connectivity index (χ0) is 18.5. The number of hydrogen-bond donors (Lipinski definition) is 1. The lowest BCUT2D eigenvalue weighted by Crippen LogP contribution is -2.38. The minimum Gasteiger partial charge on any atom is -0.352 e. The van der Waals surface area contributed by atoms with Crippen LogP contribution in [0.15, 0.2) is 47.8 Å². The lowest BCUT2D eigenvalue weighted by molar-refractivity contribution is -0.122. The molecule has 2 aromatic heterocycles. The maximum Gasteiger partial charge on any atom is 0.243 e. The van der Waals surface area contributed by atoms with Crippen molar-refractivity contribution in [3.63, 3.8) is 0 Å². The van der Waals surface area contributed by atoms with Gasteiger partial charge in [0.2, 0.25) is 11.7 Å². The molecule has 1 atom stereocenters. The molecule has 1 aromatic carbocycles. The molecule has 0 radical (unpaired) electrons. The van der Waals surface area contributed by atoms with Gasteiger partial charge in [0.1, 0.15) is 6.54 Å². The van der Waals surface area contributed by atoms with Crippen molar-refractivity contribution in [2.45, 2.75) is 25.4 Å². The van der Waals surface area contributed by atoms with Gasteiger partial charge in [0.05, 0.1) is 6.04 Å². The highest BCUT2D eigenvalue weighted by Crippen LogP contribution is 2.27. The second-order valence-corrected chi connectivity index (χ2v) is 7.57. The predicted octanol–water partition coefficient (Wildman–Crippen LogP) is 2.35. The van der Waals surface area contributed by atoms with Gasteiger partial charge in [-0.2, -0.15) is 4.80 Å². The maximum atomic E-state index is 12.4. The smallest absolute Gasteiger partial charge is 0.243 e. The maximum absolute atomic E-state index is 12.4. The molecule has 4 rings (SSSR count). The van der Waals surface area contributed by atoms with E-state index in [0.29, 0.717) is 12.4 Å². The Morgan fingerprint density at radius 3 is 2.70 bits per heavy atom.